The van der Waals surface area contributed by atoms with E-state index in [2.05, 4.69) is 27.2 Å². The predicted octanol–water partition coefficient (Wildman–Crippen LogP) is 2.60. The summed E-state index contributed by atoms with van der Waals surface area (Å²) < 4.78 is 16.2. The maximum atomic E-state index is 12.4. The number of hydrogen-bond donors (Lipinski definition) is 1. The number of furan rings is 1. The first kappa shape index (κ1) is 18.6. The Morgan fingerprint density at radius 3 is 2.36 bits per heavy atom. The van der Waals surface area contributed by atoms with Crippen molar-refractivity contribution in [2.24, 2.45) is 0 Å². The molecule has 0 bridgehead atoms. The molecule has 2 fully saturated rings. The molecule has 7 heteroatoms. The molecule has 0 spiro atoms. The number of carbonyl (C=O) groups excluding carboxylic acids is 1. The van der Waals surface area contributed by atoms with Crippen molar-refractivity contribution in [2.45, 2.75) is 0 Å². The Morgan fingerprint density at radius 2 is 1.68 bits per heavy atom. The van der Waals surface area contributed by atoms with E-state index in [1.54, 1.807) is 24.5 Å². The van der Waals surface area contributed by atoms with Gasteiger partial charge in [-0.15, -0.1) is 0 Å². The van der Waals surface area contributed by atoms with Crippen LogP contribution in [0.25, 0.3) is 6.08 Å². The highest BCUT2D eigenvalue weighted by molar-refractivity contribution is 6.04. The van der Waals surface area contributed by atoms with Crippen LogP contribution < -0.4 is 15.1 Å². The Bertz CT molecular complexity index is 807. The van der Waals surface area contributed by atoms with E-state index in [1.807, 2.05) is 6.07 Å². The van der Waals surface area contributed by atoms with Crippen LogP contribution in [-0.4, -0.2) is 58.5 Å². The third kappa shape index (κ3) is 4.55. The number of ether oxygens (including phenoxy) is 2. The first-order valence-electron chi connectivity index (χ1n) is 9.61. The molecular formula is C21H25N3O4. The molecule has 28 heavy (non-hydrogen) atoms. The summed E-state index contributed by atoms with van der Waals surface area (Å²) in [6, 6.07) is 9.79. The highest BCUT2D eigenvalue weighted by Crippen LogP contribution is 2.32. The van der Waals surface area contributed by atoms with Gasteiger partial charge in [-0.05, 0) is 36.4 Å². The summed E-state index contributed by atoms with van der Waals surface area (Å²) in [6.45, 7) is 6.21. The van der Waals surface area contributed by atoms with Crippen LogP contribution in [-0.2, 0) is 14.3 Å². The lowest BCUT2D eigenvalue weighted by atomic mass is 10.1. The molecule has 2 aliphatic rings. The SMILES string of the molecule is O=C(/C=C/c1ccco1)Nc1ccc(N2CCOCC2)cc1N1CCOCC1. The van der Waals surface area contributed by atoms with Crippen LogP contribution in [0.3, 0.4) is 0 Å². The van der Waals surface area contributed by atoms with Gasteiger partial charge in [0.2, 0.25) is 5.91 Å². The molecule has 148 valence electrons. The Morgan fingerprint density at radius 1 is 0.964 bits per heavy atom. The fourth-order valence-corrected chi connectivity index (χ4v) is 3.43. The summed E-state index contributed by atoms with van der Waals surface area (Å²) in [6.07, 6.45) is 4.72. The van der Waals surface area contributed by atoms with E-state index in [1.165, 1.54) is 6.08 Å². The van der Waals surface area contributed by atoms with E-state index in [4.69, 9.17) is 13.9 Å². The molecule has 1 N–H and O–H groups in total. The second kappa shape index (κ2) is 8.95. The molecule has 0 saturated carbocycles. The summed E-state index contributed by atoms with van der Waals surface area (Å²) in [5, 5.41) is 3.01. The fraction of sp³-hybridized carbons (Fsp3) is 0.381. The normalized spacial score (nSPS) is 17.9. The Kier molecular flexibility index (Phi) is 5.94. The van der Waals surface area contributed by atoms with Crippen LogP contribution in [0.1, 0.15) is 5.76 Å². The van der Waals surface area contributed by atoms with Crippen LogP contribution in [0.5, 0.6) is 0 Å². The molecule has 1 amide bonds. The minimum absolute atomic E-state index is 0.190. The Hall–Kier alpha value is -2.77. The predicted molar refractivity (Wildman–Crippen MR) is 109 cm³/mol. The smallest absolute Gasteiger partial charge is 0.248 e. The molecule has 1 aromatic heterocycles. The molecule has 0 atom stereocenters. The molecule has 2 aromatic rings. The Labute approximate surface area is 164 Å². The summed E-state index contributed by atoms with van der Waals surface area (Å²) in [5.41, 5.74) is 2.97. The molecule has 4 rings (SSSR count). The van der Waals surface area contributed by atoms with Crippen LogP contribution in [0.4, 0.5) is 17.1 Å². The summed E-state index contributed by atoms with van der Waals surface area (Å²) in [4.78, 5) is 17.0. The summed E-state index contributed by atoms with van der Waals surface area (Å²) in [5.74, 6) is 0.455. The molecule has 2 saturated heterocycles. The van der Waals surface area contributed by atoms with Gasteiger partial charge in [-0.25, -0.2) is 0 Å². The lowest BCUT2D eigenvalue weighted by Crippen LogP contribution is -2.38. The van der Waals surface area contributed by atoms with Crippen molar-refractivity contribution >= 4 is 29.0 Å². The van der Waals surface area contributed by atoms with E-state index in [0.29, 0.717) is 19.0 Å². The third-order valence-electron chi connectivity index (χ3n) is 4.91. The molecule has 1 aromatic carbocycles. The largest absolute Gasteiger partial charge is 0.465 e. The molecule has 0 radical (unpaired) electrons. The van der Waals surface area contributed by atoms with Gasteiger partial charge in [0.05, 0.1) is 44.1 Å². The summed E-state index contributed by atoms with van der Waals surface area (Å²) in [7, 11) is 0. The van der Waals surface area contributed by atoms with Crippen molar-refractivity contribution in [1.82, 2.24) is 0 Å². The quantitative estimate of drug-likeness (QED) is 0.801. The van der Waals surface area contributed by atoms with Crippen LogP contribution >= 0.6 is 0 Å². The minimum Gasteiger partial charge on any atom is -0.465 e. The molecule has 0 unspecified atom stereocenters. The highest BCUT2D eigenvalue weighted by Gasteiger charge is 2.19. The van der Waals surface area contributed by atoms with Gasteiger partial charge in [0.15, 0.2) is 0 Å². The first-order valence-corrected chi connectivity index (χ1v) is 9.61. The zero-order valence-electron chi connectivity index (χ0n) is 15.8. The van der Waals surface area contributed by atoms with Crippen molar-refractivity contribution < 1.29 is 18.7 Å². The standard InChI is InChI=1S/C21H25N3O4/c25-21(6-4-18-2-1-11-28-18)22-19-5-3-17(23-7-12-26-13-8-23)16-20(19)24-9-14-27-15-10-24/h1-6,11,16H,7-10,12-15H2,(H,22,25)/b6-4+. The van der Waals surface area contributed by atoms with Crippen molar-refractivity contribution in [3.8, 4) is 0 Å². The second-order valence-electron chi connectivity index (χ2n) is 6.74. The van der Waals surface area contributed by atoms with Gasteiger partial charge in [-0.2, -0.15) is 0 Å². The highest BCUT2D eigenvalue weighted by atomic mass is 16.5. The molecule has 0 aliphatic carbocycles. The third-order valence-corrected chi connectivity index (χ3v) is 4.91. The van der Waals surface area contributed by atoms with E-state index in [9.17, 15) is 4.79 Å². The van der Waals surface area contributed by atoms with Gasteiger partial charge < -0.3 is 29.0 Å². The van der Waals surface area contributed by atoms with Crippen molar-refractivity contribution in [3.05, 3.63) is 48.4 Å². The number of amides is 1. The van der Waals surface area contributed by atoms with Gasteiger partial charge in [0.1, 0.15) is 5.76 Å². The lowest BCUT2D eigenvalue weighted by Gasteiger charge is -2.33. The minimum atomic E-state index is -0.190. The average Bonchev–Trinajstić information content (AvgIpc) is 3.28. The van der Waals surface area contributed by atoms with E-state index in [-0.39, 0.29) is 5.91 Å². The van der Waals surface area contributed by atoms with Crippen LogP contribution in [0, 0.1) is 0 Å². The van der Waals surface area contributed by atoms with E-state index < -0.39 is 0 Å². The molecular weight excluding hydrogens is 358 g/mol. The number of hydrogen-bond acceptors (Lipinski definition) is 6. The van der Waals surface area contributed by atoms with E-state index >= 15 is 0 Å². The summed E-state index contributed by atoms with van der Waals surface area (Å²) >= 11 is 0. The zero-order valence-corrected chi connectivity index (χ0v) is 15.8. The van der Waals surface area contributed by atoms with Gasteiger partial charge in [-0.1, -0.05) is 0 Å². The van der Waals surface area contributed by atoms with Gasteiger partial charge in [0, 0.05) is 37.9 Å². The number of nitrogens with one attached hydrogen (secondary N) is 1. The number of rotatable bonds is 5. The molecule has 3 heterocycles. The number of morpholine rings is 2. The number of nitrogens with zero attached hydrogens (tertiary/aromatic N) is 2. The van der Waals surface area contributed by atoms with Gasteiger partial charge in [-0.3, -0.25) is 4.79 Å². The maximum absolute atomic E-state index is 12.4. The second-order valence-corrected chi connectivity index (χ2v) is 6.74. The molecule has 7 nitrogen and oxygen atoms in total. The lowest BCUT2D eigenvalue weighted by molar-refractivity contribution is -0.111. The van der Waals surface area contributed by atoms with Gasteiger partial charge >= 0.3 is 0 Å². The molecule has 2 aliphatic heterocycles. The number of carbonyl (C=O) groups is 1. The van der Waals surface area contributed by atoms with Crippen molar-refractivity contribution in [1.29, 1.82) is 0 Å². The zero-order chi connectivity index (χ0) is 19.2. The van der Waals surface area contributed by atoms with Crippen molar-refractivity contribution in [2.75, 3.05) is 67.7 Å². The average molecular weight is 383 g/mol. The van der Waals surface area contributed by atoms with Crippen molar-refractivity contribution in [3.63, 3.8) is 0 Å². The first-order chi connectivity index (χ1) is 13.8. The van der Waals surface area contributed by atoms with Crippen LogP contribution in [0.2, 0.25) is 0 Å². The maximum Gasteiger partial charge on any atom is 0.248 e. The van der Waals surface area contributed by atoms with E-state index in [0.717, 1.165) is 56.5 Å². The number of benzene rings is 1. The monoisotopic (exact) mass is 383 g/mol. The number of anilines is 3. The van der Waals surface area contributed by atoms with Gasteiger partial charge in [0.25, 0.3) is 0 Å². The Balaban J connectivity index is 1.54. The van der Waals surface area contributed by atoms with Crippen LogP contribution in [0.15, 0.2) is 47.1 Å². The fourth-order valence-electron chi connectivity index (χ4n) is 3.43. The topological polar surface area (TPSA) is 67.2 Å².